The molecule has 1 amide bonds. The molecular formula is C15H23N5O. The van der Waals surface area contributed by atoms with E-state index < -0.39 is 0 Å². The van der Waals surface area contributed by atoms with E-state index in [4.69, 9.17) is 0 Å². The molecule has 1 aromatic heterocycles. The van der Waals surface area contributed by atoms with Crippen molar-refractivity contribution in [1.82, 2.24) is 9.97 Å². The van der Waals surface area contributed by atoms with Crippen LogP contribution in [0.3, 0.4) is 0 Å². The van der Waals surface area contributed by atoms with Crippen LogP contribution in [0.25, 0.3) is 0 Å². The molecule has 3 rings (SSSR count). The van der Waals surface area contributed by atoms with Crippen LogP contribution in [0.2, 0.25) is 0 Å². The number of anilines is 3. The SMILES string of the molecule is Cc1nc(NC2CCC2)nc2c1NC(=O)[C@H](C(C)C)N2C. The number of hydrogen-bond donors (Lipinski definition) is 2. The molecule has 2 N–H and O–H groups in total. The molecule has 1 atom stereocenters. The average Bonchev–Trinajstić information content (AvgIpc) is 2.35. The Bertz CT molecular complexity index is 567. The number of carbonyl (C=O) groups is 1. The van der Waals surface area contributed by atoms with Crippen molar-refractivity contribution in [1.29, 1.82) is 0 Å². The molecule has 1 aliphatic carbocycles. The van der Waals surface area contributed by atoms with Crippen molar-refractivity contribution in [3.05, 3.63) is 5.69 Å². The summed E-state index contributed by atoms with van der Waals surface area (Å²) in [5.74, 6) is 1.72. The van der Waals surface area contributed by atoms with Gasteiger partial charge in [0.15, 0.2) is 5.82 Å². The molecule has 0 radical (unpaired) electrons. The second kappa shape index (κ2) is 5.16. The summed E-state index contributed by atoms with van der Waals surface area (Å²) < 4.78 is 0. The summed E-state index contributed by atoms with van der Waals surface area (Å²) in [5, 5.41) is 6.35. The normalized spacial score (nSPS) is 21.9. The van der Waals surface area contributed by atoms with Crippen LogP contribution in [0.5, 0.6) is 0 Å². The van der Waals surface area contributed by atoms with Crippen molar-refractivity contribution in [2.75, 3.05) is 22.6 Å². The average molecular weight is 289 g/mol. The molecule has 2 aliphatic rings. The maximum atomic E-state index is 12.3. The van der Waals surface area contributed by atoms with E-state index in [0.29, 0.717) is 12.0 Å². The molecule has 114 valence electrons. The van der Waals surface area contributed by atoms with Gasteiger partial charge in [-0.2, -0.15) is 4.98 Å². The Kier molecular flexibility index (Phi) is 3.47. The minimum Gasteiger partial charge on any atom is -0.351 e. The number of likely N-dealkylation sites (N-methyl/N-ethyl adjacent to an activating group) is 1. The zero-order valence-corrected chi connectivity index (χ0v) is 13.1. The summed E-state index contributed by atoms with van der Waals surface area (Å²) in [6.45, 7) is 6.01. The van der Waals surface area contributed by atoms with Gasteiger partial charge in [0.1, 0.15) is 11.7 Å². The van der Waals surface area contributed by atoms with Gasteiger partial charge in [0.05, 0.1) is 5.69 Å². The molecule has 1 aromatic rings. The van der Waals surface area contributed by atoms with Gasteiger partial charge in [-0.25, -0.2) is 4.98 Å². The minimum absolute atomic E-state index is 0.0198. The first-order valence-electron chi connectivity index (χ1n) is 7.66. The predicted molar refractivity (Wildman–Crippen MR) is 83.7 cm³/mol. The monoisotopic (exact) mass is 289 g/mol. The van der Waals surface area contributed by atoms with Gasteiger partial charge in [-0.3, -0.25) is 4.79 Å². The van der Waals surface area contributed by atoms with E-state index in [1.165, 1.54) is 19.3 Å². The van der Waals surface area contributed by atoms with Crippen LogP contribution in [0.4, 0.5) is 17.5 Å². The number of hydrogen-bond acceptors (Lipinski definition) is 5. The molecule has 0 spiro atoms. The quantitative estimate of drug-likeness (QED) is 0.892. The van der Waals surface area contributed by atoms with Gasteiger partial charge in [-0.05, 0) is 32.1 Å². The first-order valence-corrected chi connectivity index (χ1v) is 7.66. The van der Waals surface area contributed by atoms with Gasteiger partial charge < -0.3 is 15.5 Å². The first-order chi connectivity index (χ1) is 9.97. The maximum Gasteiger partial charge on any atom is 0.247 e. The third-order valence-electron chi connectivity index (χ3n) is 4.41. The van der Waals surface area contributed by atoms with Crippen LogP contribution in [-0.2, 0) is 4.79 Å². The van der Waals surface area contributed by atoms with Gasteiger partial charge >= 0.3 is 0 Å². The highest BCUT2D eigenvalue weighted by Crippen LogP contribution is 2.34. The smallest absolute Gasteiger partial charge is 0.247 e. The first kappa shape index (κ1) is 14.1. The number of fused-ring (bicyclic) bond motifs is 1. The third-order valence-corrected chi connectivity index (χ3v) is 4.41. The zero-order chi connectivity index (χ0) is 15.1. The lowest BCUT2D eigenvalue weighted by Gasteiger charge is -2.37. The fraction of sp³-hybridized carbons (Fsp3) is 0.667. The molecule has 1 saturated carbocycles. The van der Waals surface area contributed by atoms with Crippen LogP contribution in [0.1, 0.15) is 38.8 Å². The lowest BCUT2D eigenvalue weighted by Crippen LogP contribution is -2.49. The molecule has 6 heteroatoms. The Morgan fingerprint density at radius 1 is 1.33 bits per heavy atom. The maximum absolute atomic E-state index is 12.3. The zero-order valence-electron chi connectivity index (χ0n) is 13.1. The Labute approximate surface area is 125 Å². The third kappa shape index (κ3) is 2.43. The van der Waals surface area contributed by atoms with Crippen molar-refractivity contribution < 1.29 is 4.79 Å². The highest BCUT2D eigenvalue weighted by molar-refractivity contribution is 6.03. The van der Waals surface area contributed by atoms with E-state index in [9.17, 15) is 4.79 Å². The van der Waals surface area contributed by atoms with Gasteiger partial charge in [0.25, 0.3) is 0 Å². The van der Waals surface area contributed by atoms with Crippen molar-refractivity contribution in [2.45, 2.75) is 52.1 Å². The topological polar surface area (TPSA) is 70.1 Å². The summed E-state index contributed by atoms with van der Waals surface area (Å²) in [4.78, 5) is 23.3. The molecule has 6 nitrogen and oxygen atoms in total. The van der Waals surface area contributed by atoms with Crippen molar-refractivity contribution >= 4 is 23.4 Å². The van der Waals surface area contributed by atoms with Crippen molar-refractivity contribution in [2.24, 2.45) is 5.92 Å². The second-order valence-corrected chi connectivity index (χ2v) is 6.39. The van der Waals surface area contributed by atoms with Crippen LogP contribution in [-0.4, -0.2) is 35.0 Å². The Morgan fingerprint density at radius 3 is 2.62 bits per heavy atom. The molecular weight excluding hydrogens is 266 g/mol. The molecule has 1 fully saturated rings. The Balaban J connectivity index is 1.95. The van der Waals surface area contributed by atoms with E-state index in [1.54, 1.807) is 0 Å². The van der Waals surface area contributed by atoms with Crippen molar-refractivity contribution in [3.8, 4) is 0 Å². The Morgan fingerprint density at radius 2 is 2.05 bits per heavy atom. The van der Waals surface area contributed by atoms with Gasteiger partial charge in [-0.15, -0.1) is 0 Å². The largest absolute Gasteiger partial charge is 0.351 e. The minimum atomic E-state index is -0.191. The molecule has 21 heavy (non-hydrogen) atoms. The lowest BCUT2D eigenvalue weighted by molar-refractivity contribution is -0.118. The standard InChI is InChI=1S/C15H23N5O/c1-8(2)12-14(21)18-11-9(3)16-15(17-10-6-5-7-10)19-13(11)20(12)4/h8,10,12H,5-7H2,1-4H3,(H,18,21)(H,16,17,19)/t12-/m0/s1. The Hall–Kier alpha value is -1.85. The molecule has 0 saturated heterocycles. The number of rotatable bonds is 3. The van der Waals surface area contributed by atoms with Crippen LogP contribution in [0.15, 0.2) is 0 Å². The van der Waals surface area contributed by atoms with Gasteiger partial charge in [0, 0.05) is 13.1 Å². The fourth-order valence-electron chi connectivity index (χ4n) is 3.01. The summed E-state index contributed by atoms with van der Waals surface area (Å²) >= 11 is 0. The summed E-state index contributed by atoms with van der Waals surface area (Å²) in [6, 6.07) is 0.301. The molecule has 0 bridgehead atoms. The van der Waals surface area contributed by atoms with E-state index in [1.807, 2.05) is 32.7 Å². The van der Waals surface area contributed by atoms with Crippen LogP contribution < -0.4 is 15.5 Å². The summed E-state index contributed by atoms with van der Waals surface area (Å²) in [7, 11) is 1.93. The van der Waals surface area contributed by atoms with E-state index in [2.05, 4.69) is 20.6 Å². The number of nitrogens with one attached hydrogen (secondary N) is 2. The van der Waals surface area contributed by atoms with Crippen LogP contribution >= 0.6 is 0 Å². The lowest BCUT2D eigenvalue weighted by atomic mass is 9.93. The number of nitrogens with zero attached hydrogens (tertiary/aromatic N) is 3. The molecule has 2 heterocycles. The predicted octanol–water partition coefficient (Wildman–Crippen LogP) is 2.16. The van der Waals surface area contributed by atoms with Gasteiger partial charge in [0.2, 0.25) is 11.9 Å². The van der Waals surface area contributed by atoms with E-state index in [0.717, 1.165) is 17.2 Å². The summed E-state index contributed by atoms with van der Waals surface area (Å²) in [6.07, 6.45) is 3.63. The highest BCUT2D eigenvalue weighted by Gasteiger charge is 2.35. The van der Waals surface area contributed by atoms with Gasteiger partial charge in [-0.1, -0.05) is 13.8 Å². The number of carbonyl (C=O) groups excluding carboxylic acids is 1. The number of aromatic nitrogens is 2. The van der Waals surface area contributed by atoms with Crippen LogP contribution in [0, 0.1) is 12.8 Å². The molecule has 0 unspecified atom stereocenters. The highest BCUT2D eigenvalue weighted by atomic mass is 16.2. The fourth-order valence-corrected chi connectivity index (χ4v) is 3.01. The second-order valence-electron chi connectivity index (χ2n) is 6.39. The number of amides is 1. The molecule has 1 aliphatic heterocycles. The van der Waals surface area contributed by atoms with E-state index >= 15 is 0 Å². The number of aryl methyl sites for hydroxylation is 1. The van der Waals surface area contributed by atoms with Crippen molar-refractivity contribution in [3.63, 3.8) is 0 Å². The van der Waals surface area contributed by atoms with E-state index in [-0.39, 0.29) is 17.9 Å². The molecule has 0 aromatic carbocycles. The summed E-state index contributed by atoms with van der Waals surface area (Å²) in [5.41, 5.74) is 1.54.